The Morgan fingerprint density at radius 2 is 1.95 bits per heavy atom. The van der Waals surface area contributed by atoms with E-state index in [-0.39, 0.29) is 0 Å². The van der Waals surface area contributed by atoms with Crippen LogP contribution in [0, 0.1) is 6.92 Å². The average Bonchev–Trinajstić information content (AvgIpc) is 3.03. The first-order valence-electron chi connectivity index (χ1n) is 7.07. The monoisotopic (exact) mass is 269 g/mol. The lowest BCUT2D eigenvalue weighted by molar-refractivity contribution is 0.629. The van der Waals surface area contributed by atoms with Crippen LogP contribution in [0.25, 0.3) is 5.65 Å². The molecule has 0 radical (unpaired) electrons. The fraction of sp³-hybridized carbons (Fsp3) is 0.400. The van der Waals surface area contributed by atoms with Gasteiger partial charge in [0.1, 0.15) is 11.5 Å². The van der Waals surface area contributed by atoms with E-state index in [1.807, 2.05) is 16.8 Å². The van der Waals surface area contributed by atoms with Gasteiger partial charge in [-0.15, -0.1) is 0 Å². The number of hydrogen-bond acceptors (Lipinski definition) is 3. The Morgan fingerprint density at radius 3 is 2.65 bits per heavy atom. The van der Waals surface area contributed by atoms with Crippen molar-refractivity contribution in [2.24, 2.45) is 0 Å². The zero-order valence-corrected chi connectivity index (χ0v) is 12.2. The van der Waals surface area contributed by atoms with Crippen molar-refractivity contribution in [1.82, 2.24) is 24.1 Å². The third-order valence-corrected chi connectivity index (χ3v) is 3.48. The summed E-state index contributed by atoms with van der Waals surface area (Å²) in [5, 5.41) is 4.54. The first kappa shape index (κ1) is 12.8. The summed E-state index contributed by atoms with van der Waals surface area (Å²) in [5.74, 6) is 1.93. The summed E-state index contributed by atoms with van der Waals surface area (Å²) in [7, 11) is 0. The molecule has 0 amide bonds. The van der Waals surface area contributed by atoms with Gasteiger partial charge in [-0.1, -0.05) is 19.9 Å². The summed E-state index contributed by atoms with van der Waals surface area (Å²) in [5.41, 5.74) is 3.18. The number of hydrogen-bond donors (Lipinski definition) is 0. The van der Waals surface area contributed by atoms with Gasteiger partial charge in [-0.25, -0.2) is 14.6 Å². The molecule has 0 atom stereocenters. The maximum Gasteiger partial charge on any atom is 0.150 e. The summed E-state index contributed by atoms with van der Waals surface area (Å²) < 4.78 is 4.08. The van der Waals surface area contributed by atoms with E-state index in [1.54, 1.807) is 0 Å². The van der Waals surface area contributed by atoms with Crippen molar-refractivity contribution < 1.29 is 0 Å². The van der Waals surface area contributed by atoms with Crippen LogP contribution in [0.5, 0.6) is 0 Å². The second kappa shape index (κ2) is 5.07. The molecule has 0 unspecified atom stereocenters. The number of aryl methyl sites for hydroxylation is 3. The molecule has 0 aliphatic carbocycles. The highest BCUT2D eigenvalue weighted by Crippen LogP contribution is 2.11. The Balaban J connectivity index is 1.96. The highest BCUT2D eigenvalue weighted by Gasteiger charge is 2.10. The third kappa shape index (κ3) is 2.19. The van der Waals surface area contributed by atoms with Gasteiger partial charge in [0.15, 0.2) is 5.82 Å². The van der Waals surface area contributed by atoms with E-state index in [2.05, 4.69) is 52.5 Å². The fourth-order valence-corrected chi connectivity index (χ4v) is 2.39. The first-order valence-corrected chi connectivity index (χ1v) is 7.07. The largest absolute Gasteiger partial charge is 0.304 e. The summed E-state index contributed by atoms with van der Waals surface area (Å²) in [6.07, 6.45) is 3.83. The number of rotatable bonds is 4. The molecule has 3 aromatic rings. The molecule has 0 aliphatic heterocycles. The van der Waals surface area contributed by atoms with Crippen LogP contribution in [0.2, 0.25) is 0 Å². The Bertz CT molecular complexity index is 738. The van der Waals surface area contributed by atoms with Gasteiger partial charge in [-0.05, 0) is 19.1 Å². The van der Waals surface area contributed by atoms with E-state index >= 15 is 0 Å². The summed E-state index contributed by atoms with van der Waals surface area (Å²) >= 11 is 0. The molecule has 20 heavy (non-hydrogen) atoms. The van der Waals surface area contributed by atoms with E-state index in [4.69, 9.17) is 0 Å². The first-order chi connectivity index (χ1) is 9.71. The molecule has 104 valence electrons. The van der Waals surface area contributed by atoms with Crippen LogP contribution in [0.3, 0.4) is 0 Å². The Kier molecular flexibility index (Phi) is 3.26. The lowest BCUT2D eigenvalue weighted by Crippen LogP contribution is -2.06. The predicted molar refractivity (Wildman–Crippen MR) is 77.8 cm³/mol. The number of nitrogens with zero attached hydrogens (tertiary/aromatic N) is 5. The molecule has 5 nitrogen and oxygen atoms in total. The fourth-order valence-electron chi connectivity index (χ4n) is 2.39. The smallest absolute Gasteiger partial charge is 0.150 e. The molecule has 0 fully saturated rings. The molecule has 3 aromatic heterocycles. The lowest BCUT2D eigenvalue weighted by Gasteiger charge is -2.00. The molecule has 0 aromatic carbocycles. The minimum Gasteiger partial charge on any atom is -0.304 e. The van der Waals surface area contributed by atoms with Crippen LogP contribution in [0.15, 0.2) is 24.4 Å². The standard InChI is InChI=1S/C15H19N5/c1-4-13-17-14(5-2)20(18-13)10-12-9-19-11(3)7-6-8-15(19)16-12/h6-9H,4-5,10H2,1-3H3. The second-order valence-corrected chi connectivity index (χ2v) is 4.94. The van der Waals surface area contributed by atoms with Crippen LogP contribution >= 0.6 is 0 Å². The summed E-state index contributed by atoms with van der Waals surface area (Å²) in [4.78, 5) is 9.19. The molecule has 0 saturated heterocycles. The van der Waals surface area contributed by atoms with Crippen LogP contribution in [-0.4, -0.2) is 24.1 Å². The van der Waals surface area contributed by atoms with Gasteiger partial charge in [0.25, 0.3) is 0 Å². The molecule has 0 bridgehead atoms. The van der Waals surface area contributed by atoms with Gasteiger partial charge in [-0.3, -0.25) is 0 Å². The Labute approximate surface area is 118 Å². The minimum absolute atomic E-state index is 0.678. The predicted octanol–water partition coefficient (Wildman–Crippen LogP) is 2.41. The third-order valence-electron chi connectivity index (χ3n) is 3.48. The van der Waals surface area contributed by atoms with Crippen molar-refractivity contribution in [3.63, 3.8) is 0 Å². The van der Waals surface area contributed by atoms with Gasteiger partial charge >= 0.3 is 0 Å². The van der Waals surface area contributed by atoms with Gasteiger partial charge < -0.3 is 4.40 Å². The molecular weight excluding hydrogens is 250 g/mol. The van der Waals surface area contributed by atoms with E-state index in [9.17, 15) is 0 Å². The van der Waals surface area contributed by atoms with Crippen molar-refractivity contribution in [2.45, 2.75) is 40.2 Å². The molecular formula is C15H19N5. The van der Waals surface area contributed by atoms with Crippen molar-refractivity contribution in [1.29, 1.82) is 0 Å². The van der Waals surface area contributed by atoms with Gasteiger partial charge in [0.2, 0.25) is 0 Å². The van der Waals surface area contributed by atoms with Crippen LogP contribution in [0.4, 0.5) is 0 Å². The maximum absolute atomic E-state index is 4.65. The normalized spacial score (nSPS) is 11.3. The number of pyridine rings is 1. The van der Waals surface area contributed by atoms with Gasteiger partial charge in [0.05, 0.1) is 12.2 Å². The highest BCUT2D eigenvalue weighted by molar-refractivity contribution is 5.41. The van der Waals surface area contributed by atoms with Crippen molar-refractivity contribution >= 4 is 5.65 Å². The second-order valence-electron chi connectivity index (χ2n) is 4.94. The number of fused-ring (bicyclic) bond motifs is 1. The zero-order chi connectivity index (χ0) is 14.1. The Morgan fingerprint density at radius 1 is 1.10 bits per heavy atom. The van der Waals surface area contributed by atoms with E-state index in [0.717, 1.165) is 35.8 Å². The van der Waals surface area contributed by atoms with Crippen molar-refractivity contribution in [3.05, 3.63) is 47.4 Å². The average molecular weight is 269 g/mol. The number of aromatic nitrogens is 5. The van der Waals surface area contributed by atoms with Crippen molar-refractivity contribution in [3.8, 4) is 0 Å². The minimum atomic E-state index is 0.678. The molecule has 0 aliphatic rings. The maximum atomic E-state index is 4.65. The van der Waals surface area contributed by atoms with Crippen molar-refractivity contribution in [2.75, 3.05) is 0 Å². The quantitative estimate of drug-likeness (QED) is 0.730. The summed E-state index contributed by atoms with van der Waals surface area (Å²) in [6.45, 7) is 6.94. The van der Waals surface area contributed by atoms with Gasteiger partial charge in [0, 0.05) is 24.7 Å². The molecule has 0 spiro atoms. The zero-order valence-electron chi connectivity index (χ0n) is 12.2. The topological polar surface area (TPSA) is 48.0 Å². The highest BCUT2D eigenvalue weighted by atomic mass is 15.3. The van der Waals surface area contributed by atoms with E-state index in [0.29, 0.717) is 6.54 Å². The molecule has 5 heteroatoms. The van der Waals surface area contributed by atoms with Crippen LogP contribution < -0.4 is 0 Å². The molecule has 0 N–H and O–H groups in total. The van der Waals surface area contributed by atoms with E-state index < -0.39 is 0 Å². The SMILES string of the molecule is CCc1nc(CC)n(Cc2cn3c(C)cccc3n2)n1. The summed E-state index contributed by atoms with van der Waals surface area (Å²) in [6, 6.07) is 6.14. The number of imidazole rings is 1. The molecule has 0 saturated carbocycles. The molecule has 3 heterocycles. The van der Waals surface area contributed by atoms with Gasteiger partial charge in [-0.2, -0.15) is 5.10 Å². The lowest BCUT2D eigenvalue weighted by atomic mass is 10.4. The molecule has 3 rings (SSSR count). The van der Waals surface area contributed by atoms with Crippen LogP contribution in [-0.2, 0) is 19.4 Å². The van der Waals surface area contributed by atoms with E-state index in [1.165, 1.54) is 5.69 Å². The van der Waals surface area contributed by atoms with Crippen LogP contribution in [0.1, 0.15) is 36.9 Å². The Hall–Kier alpha value is -2.17.